The Kier molecular flexibility index (Phi) is 4.40. The predicted molar refractivity (Wildman–Crippen MR) is 96.8 cm³/mol. The van der Waals surface area contributed by atoms with Crippen LogP contribution >= 0.6 is 11.3 Å². The van der Waals surface area contributed by atoms with Crippen molar-refractivity contribution in [3.05, 3.63) is 56.8 Å². The van der Waals surface area contributed by atoms with Crippen LogP contribution < -0.4 is 5.56 Å². The van der Waals surface area contributed by atoms with Crippen LogP contribution in [0.2, 0.25) is 0 Å². The largest absolute Gasteiger partial charge is 0.334 e. The molecule has 25 heavy (non-hydrogen) atoms. The van der Waals surface area contributed by atoms with Crippen molar-refractivity contribution in [2.24, 2.45) is 0 Å². The Balaban J connectivity index is 1.57. The van der Waals surface area contributed by atoms with E-state index in [0.29, 0.717) is 17.8 Å². The molecule has 3 aromatic rings. The second-order valence-electron chi connectivity index (χ2n) is 6.35. The van der Waals surface area contributed by atoms with Crippen LogP contribution in [0.15, 0.2) is 40.6 Å². The number of amides is 1. The minimum atomic E-state index is -0.137. The third-order valence-corrected chi connectivity index (χ3v) is 5.67. The third kappa shape index (κ3) is 3.24. The molecule has 1 fully saturated rings. The summed E-state index contributed by atoms with van der Waals surface area (Å²) in [5.41, 5.74) is 1.16. The monoisotopic (exact) mass is 356 g/mol. The van der Waals surface area contributed by atoms with E-state index in [1.807, 2.05) is 16.3 Å². The maximum Gasteiger partial charge on any atom is 0.272 e. The Hall–Kier alpha value is -2.41. The molecule has 6 nitrogen and oxygen atoms in total. The van der Waals surface area contributed by atoms with E-state index in [0.717, 1.165) is 32.2 Å². The number of fused-ring (bicyclic) bond motifs is 1. The van der Waals surface area contributed by atoms with Crippen molar-refractivity contribution >= 4 is 22.9 Å². The number of aromatic nitrogens is 3. The third-order valence-electron chi connectivity index (χ3n) is 4.73. The van der Waals surface area contributed by atoms with Crippen LogP contribution in [-0.2, 0) is 11.2 Å². The van der Waals surface area contributed by atoms with Crippen molar-refractivity contribution in [3.63, 3.8) is 0 Å². The number of carbonyl (C=O) groups is 1. The fourth-order valence-electron chi connectivity index (χ4n) is 3.48. The Morgan fingerprint density at radius 2 is 2.28 bits per heavy atom. The minimum absolute atomic E-state index is 0.0998. The Morgan fingerprint density at radius 3 is 3.12 bits per heavy atom. The highest BCUT2D eigenvalue weighted by Gasteiger charge is 2.29. The van der Waals surface area contributed by atoms with Gasteiger partial charge < -0.3 is 4.90 Å². The zero-order valence-electron chi connectivity index (χ0n) is 13.9. The molecule has 130 valence electrons. The SMILES string of the molecule is O=C(CCc1cccs1)N1CCCC[C@@H]1c1cc(=O)n2[nH]ccc2n1. The molecule has 0 radical (unpaired) electrons. The predicted octanol–water partition coefficient (Wildman–Crippen LogP) is 2.77. The van der Waals surface area contributed by atoms with E-state index in [-0.39, 0.29) is 17.5 Å². The highest BCUT2D eigenvalue weighted by Crippen LogP contribution is 2.30. The zero-order chi connectivity index (χ0) is 17.2. The van der Waals surface area contributed by atoms with Gasteiger partial charge in [0.15, 0.2) is 5.65 Å². The number of hydrogen-bond donors (Lipinski definition) is 1. The molecule has 4 heterocycles. The average Bonchev–Trinajstić information content (AvgIpc) is 3.31. The van der Waals surface area contributed by atoms with Crippen LogP contribution in [0.25, 0.3) is 5.65 Å². The van der Waals surface area contributed by atoms with Crippen LogP contribution in [0, 0.1) is 0 Å². The Bertz CT molecular complexity index is 928. The number of piperidine rings is 1. The van der Waals surface area contributed by atoms with Crippen molar-refractivity contribution in [1.29, 1.82) is 0 Å². The van der Waals surface area contributed by atoms with Gasteiger partial charge in [-0.1, -0.05) is 6.07 Å². The summed E-state index contributed by atoms with van der Waals surface area (Å²) in [4.78, 5) is 32.8. The van der Waals surface area contributed by atoms with Gasteiger partial charge in [-0.3, -0.25) is 14.7 Å². The second-order valence-corrected chi connectivity index (χ2v) is 7.39. The fraction of sp³-hybridized carbons (Fsp3) is 0.389. The molecule has 3 aromatic heterocycles. The van der Waals surface area contributed by atoms with Crippen LogP contribution in [-0.4, -0.2) is 31.9 Å². The first kappa shape index (κ1) is 16.1. The molecule has 0 aliphatic carbocycles. The van der Waals surface area contributed by atoms with Crippen molar-refractivity contribution < 1.29 is 4.79 Å². The van der Waals surface area contributed by atoms with Crippen LogP contribution in [0.1, 0.15) is 42.3 Å². The zero-order valence-corrected chi connectivity index (χ0v) is 14.7. The molecule has 1 aliphatic heterocycles. The number of aromatic amines is 1. The summed E-state index contributed by atoms with van der Waals surface area (Å²) in [5.74, 6) is 0.147. The summed E-state index contributed by atoms with van der Waals surface area (Å²) in [5, 5.41) is 4.88. The first-order valence-corrected chi connectivity index (χ1v) is 9.49. The molecule has 1 saturated heterocycles. The van der Waals surface area contributed by atoms with E-state index in [4.69, 9.17) is 0 Å². The normalized spacial score (nSPS) is 17.9. The van der Waals surface area contributed by atoms with Gasteiger partial charge in [-0.05, 0) is 37.1 Å². The molecule has 0 unspecified atom stereocenters. The summed E-state index contributed by atoms with van der Waals surface area (Å²) in [6.07, 6.45) is 5.88. The summed E-state index contributed by atoms with van der Waals surface area (Å²) < 4.78 is 1.41. The smallest absolute Gasteiger partial charge is 0.272 e. The van der Waals surface area contributed by atoms with Gasteiger partial charge in [-0.15, -0.1) is 11.3 Å². The van der Waals surface area contributed by atoms with E-state index in [9.17, 15) is 9.59 Å². The van der Waals surface area contributed by atoms with Crippen molar-refractivity contribution in [2.75, 3.05) is 6.54 Å². The van der Waals surface area contributed by atoms with Gasteiger partial charge in [0.25, 0.3) is 5.56 Å². The molecule has 1 N–H and O–H groups in total. The van der Waals surface area contributed by atoms with E-state index >= 15 is 0 Å². The van der Waals surface area contributed by atoms with Gasteiger partial charge in [0.1, 0.15) is 0 Å². The van der Waals surface area contributed by atoms with Crippen molar-refractivity contribution in [2.45, 2.75) is 38.1 Å². The number of rotatable bonds is 4. The topological polar surface area (TPSA) is 70.5 Å². The van der Waals surface area contributed by atoms with Crippen LogP contribution in [0.5, 0.6) is 0 Å². The van der Waals surface area contributed by atoms with E-state index in [1.54, 1.807) is 29.7 Å². The number of H-pyrrole nitrogens is 1. The number of hydrogen-bond acceptors (Lipinski definition) is 4. The quantitative estimate of drug-likeness (QED) is 0.781. The molecule has 7 heteroatoms. The van der Waals surface area contributed by atoms with Gasteiger partial charge in [-0.25, -0.2) is 9.50 Å². The van der Waals surface area contributed by atoms with Gasteiger partial charge in [0.05, 0.1) is 11.7 Å². The summed E-state index contributed by atoms with van der Waals surface area (Å²) >= 11 is 1.68. The number of nitrogens with zero attached hydrogens (tertiary/aromatic N) is 3. The first-order valence-electron chi connectivity index (χ1n) is 8.61. The van der Waals surface area contributed by atoms with Crippen LogP contribution in [0.4, 0.5) is 0 Å². The van der Waals surface area contributed by atoms with E-state index in [2.05, 4.69) is 16.1 Å². The van der Waals surface area contributed by atoms with Gasteiger partial charge in [0.2, 0.25) is 5.91 Å². The van der Waals surface area contributed by atoms with Crippen LogP contribution in [0.3, 0.4) is 0 Å². The fourth-order valence-corrected chi connectivity index (χ4v) is 4.19. The molecule has 4 rings (SSSR count). The molecule has 1 atom stereocenters. The number of thiophene rings is 1. The summed E-state index contributed by atoms with van der Waals surface area (Å²) in [6, 6.07) is 7.30. The van der Waals surface area contributed by atoms with Gasteiger partial charge in [0, 0.05) is 36.2 Å². The number of aryl methyl sites for hydroxylation is 1. The van der Waals surface area contributed by atoms with Gasteiger partial charge >= 0.3 is 0 Å². The highest BCUT2D eigenvalue weighted by molar-refractivity contribution is 7.09. The molecule has 1 amide bonds. The molecular formula is C18H20N4O2S. The molecule has 0 spiro atoms. The lowest BCUT2D eigenvalue weighted by Crippen LogP contribution is -2.39. The lowest BCUT2D eigenvalue weighted by atomic mass is 9.98. The van der Waals surface area contributed by atoms with Crippen molar-refractivity contribution in [3.8, 4) is 0 Å². The second kappa shape index (κ2) is 6.84. The Labute approximate surface area is 149 Å². The number of likely N-dealkylation sites (tertiary alicyclic amines) is 1. The maximum atomic E-state index is 12.8. The highest BCUT2D eigenvalue weighted by atomic mass is 32.1. The average molecular weight is 356 g/mol. The molecule has 0 saturated carbocycles. The maximum absolute atomic E-state index is 12.8. The standard InChI is InChI=1S/C18H20N4O2S/c23-17(7-6-13-4-3-11-25-13)21-10-2-1-5-15(21)14-12-18(24)22-16(20-14)8-9-19-22/h3-4,8-9,11-12,15,19H,1-2,5-7,10H2/t15-/m1/s1. The van der Waals surface area contributed by atoms with E-state index in [1.165, 1.54) is 9.39 Å². The summed E-state index contributed by atoms with van der Waals surface area (Å²) in [7, 11) is 0. The molecule has 0 bridgehead atoms. The lowest BCUT2D eigenvalue weighted by molar-refractivity contribution is -0.135. The molecular weight excluding hydrogens is 336 g/mol. The summed E-state index contributed by atoms with van der Waals surface area (Å²) in [6.45, 7) is 0.738. The molecule has 0 aromatic carbocycles. The van der Waals surface area contributed by atoms with Gasteiger partial charge in [-0.2, -0.15) is 0 Å². The Morgan fingerprint density at radius 1 is 1.36 bits per heavy atom. The minimum Gasteiger partial charge on any atom is -0.334 e. The van der Waals surface area contributed by atoms with E-state index < -0.39 is 0 Å². The number of carbonyl (C=O) groups excluding carboxylic acids is 1. The number of nitrogens with one attached hydrogen (secondary N) is 1. The molecule has 1 aliphatic rings. The van der Waals surface area contributed by atoms with Crippen molar-refractivity contribution in [1.82, 2.24) is 19.5 Å². The lowest BCUT2D eigenvalue weighted by Gasteiger charge is -2.35. The first-order chi connectivity index (χ1) is 12.2.